The van der Waals surface area contributed by atoms with E-state index in [0.717, 1.165) is 46.0 Å². The lowest BCUT2D eigenvalue weighted by Crippen LogP contribution is -2.41. The van der Waals surface area contributed by atoms with Crippen molar-refractivity contribution >= 4 is 28.6 Å². The van der Waals surface area contributed by atoms with Crippen LogP contribution in [0.15, 0.2) is 48.0 Å². The van der Waals surface area contributed by atoms with Gasteiger partial charge in [-0.1, -0.05) is 18.2 Å². The number of nitrogens with one attached hydrogen (secondary N) is 1. The summed E-state index contributed by atoms with van der Waals surface area (Å²) in [5, 5.41) is 2.86. The molecule has 0 radical (unpaired) electrons. The number of nitrogens with zero attached hydrogens (tertiary/aromatic N) is 4. The maximum Gasteiger partial charge on any atom is 0.410 e. The number of amides is 1. The number of ether oxygens (including phenoxy) is 2. The third kappa shape index (κ3) is 5.62. The number of thiazole rings is 1. The van der Waals surface area contributed by atoms with Gasteiger partial charge in [-0.15, -0.1) is 11.3 Å². The summed E-state index contributed by atoms with van der Waals surface area (Å²) in [6.45, 7) is 7.44. The highest BCUT2D eigenvalue weighted by atomic mass is 32.1. The Balaban J connectivity index is 1.23. The number of carbonyl (C=O) groups excluding carboxylic acids is 1. The molecule has 1 amide bonds. The zero-order chi connectivity index (χ0) is 24.4. The van der Waals surface area contributed by atoms with Gasteiger partial charge in [0.15, 0.2) is 11.5 Å². The molecule has 3 aromatic heterocycles. The summed E-state index contributed by atoms with van der Waals surface area (Å²) < 4.78 is 11.3. The molecule has 0 atom stereocenters. The van der Waals surface area contributed by atoms with Gasteiger partial charge in [0.2, 0.25) is 0 Å². The third-order valence-electron chi connectivity index (χ3n) is 5.88. The highest BCUT2D eigenvalue weighted by Crippen LogP contribution is 2.30. The Labute approximate surface area is 208 Å². The molecule has 1 fully saturated rings. The number of fused-ring (bicyclic) bond motifs is 1. The van der Waals surface area contributed by atoms with Crippen LogP contribution in [0.25, 0.3) is 22.7 Å². The van der Waals surface area contributed by atoms with Crippen LogP contribution >= 0.6 is 11.3 Å². The first kappa shape index (κ1) is 23.3. The summed E-state index contributed by atoms with van der Waals surface area (Å²) in [4.78, 5) is 31.5. The Morgan fingerprint density at radius 2 is 1.94 bits per heavy atom. The van der Waals surface area contributed by atoms with E-state index in [-0.39, 0.29) is 6.09 Å². The van der Waals surface area contributed by atoms with E-state index in [1.54, 1.807) is 16.2 Å². The van der Waals surface area contributed by atoms with E-state index in [1.165, 1.54) is 0 Å². The van der Waals surface area contributed by atoms with E-state index in [1.807, 2.05) is 62.7 Å². The minimum Gasteiger partial charge on any atom is -0.486 e. The molecule has 1 aliphatic rings. The van der Waals surface area contributed by atoms with Gasteiger partial charge >= 0.3 is 6.09 Å². The van der Waals surface area contributed by atoms with Gasteiger partial charge in [-0.25, -0.2) is 19.7 Å². The van der Waals surface area contributed by atoms with E-state index in [2.05, 4.69) is 21.0 Å². The predicted molar refractivity (Wildman–Crippen MR) is 136 cm³/mol. The fraction of sp³-hybridized carbons (Fsp3) is 0.385. The molecule has 182 valence electrons. The monoisotopic (exact) mass is 491 g/mol. The second kappa shape index (κ2) is 9.65. The molecular weight excluding hydrogens is 462 g/mol. The number of hydrogen-bond acceptors (Lipinski definition) is 7. The molecule has 1 N–H and O–H groups in total. The summed E-state index contributed by atoms with van der Waals surface area (Å²) in [7, 11) is 0. The first-order valence-electron chi connectivity index (χ1n) is 11.8. The van der Waals surface area contributed by atoms with Crippen LogP contribution in [-0.4, -0.2) is 49.6 Å². The summed E-state index contributed by atoms with van der Waals surface area (Å²) in [6, 6.07) is 11.8. The lowest BCUT2D eigenvalue weighted by molar-refractivity contribution is 0.0205. The molecule has 8 nitrogen and oxygen atoms in total. The second-order valence-corrected chi connectivity index (χ2v) is 10.6. The standard InChI is InChI=1S/C26H29N5O3S/c1-26(2,3)34-25(32)31-11-9-17(10-12-31)18-13-20-23(27-14-18)30-24(29-20)21-16-35-22(28-21)15-33-19-7-5-4-6-8-19/h4-8,13-14,16-17H,9-12,15H2,1-3H3,(H,27,29,30). The Kier molecular flexibility index (Phi) is 6.42. The van der Waals surface area contributed by atoms with Crippen molar-refractivity contribution < 1.29 is 14.3 Å². The molecule has 1 aromatic carbocycles. The topological polar surface area (TPSA) is 93.2 Å². The Morgan fingerprint density at radius 3 is 2.69 bits per heavy atom. The smallest absolute Gasteiger partial charge is 0.410 e. The molecule has 4 aromatic rings. The Hall–Kier alpha value is -3.46. The maximum atomic E-state index is 12.3. The van der Waals surface area contributed by atoms with Crippen molar-refractivity contribution in [3.8, 4) is 17.3 Å². The lowest BCUT2D eigenvalue weighted by Gasteiger charge is -2.33. The summed E-state index contributed by atoms with van der Waals surface area (Å²) in [5.74, 6) is 1.86. The minimum atomic E-state index is -0.479. The van der Waals surface area contributed by atoms with E-state index < -0.39 is 5.60 Å². The van der Waals surface area contributed by atoms with Crippen LogP contribution in [-0.2, 0) is 11.3 Å². The van der Waals surface area contributed by atoms with Crippen LogP contribution < -0.4 is 4.74 Å². The molecule has 9 heteroatoms. The number of aromatic nitrogens is 4. The van der Waals surface area contributed by atoms with Crippen molar-refractivity contribution in [2.24, 2.45) is 0 Å². The number of para-hydroxylation sites is 1. The number of pyridine rings is 1. The minimum absolute atomic E-state index is 0.238. The Morgan fingerprint density at radius 1 is 1.17 bits per heavy atom. The van der Waals surface area contributed by atoms with Crippen molar-refractivity contribution in [2.75, 3.05) is 13.1 Å². The average molecular weight is 492 g/mol. The van der Waals surface area contributed by atoms with Gasteiger partial charge in [-0.3, -0.25) is 0 Å². The van der Waals surface area contributed by atoms with Gasteiger partial charge in [0, 0.05) is 24.7 Å². The van der Waals surface area contributed by atoms with E-state index in [0.29, 0.717) is 31.4 Å². The predicted octanol–water partition coefficient (Wildman–Crippen LogP) is 5.77. The quantitative estimate of drug-likeness (QED) is 0.381. The van der Waals surface area contributed by atoms with Gasteiger partial charge in [0.05, 0.1) is 0 Å². The molecule has 0 aliphatic carbocycles. The first-order valence-corrected chi connectivity index (χ1v) is 12.7. The van der Waals surface area contributed by atoms with Crippen LogP contribution in [0, 0.1) is 0 Å². The average Bonchev–Trinajstić information content (AvgIpc) is 3.49. The normalized spacial score (nSPS) is 14.9. The van der Waals surface area contributed by atoms with Crippen molar-refractivity contribution in [2.45, 2.75) is 51.7 Å². The molecule has 0 spiro atoms. The van der Waals surface area contributed by atoms with E-state index in [4.69, 9.17) is 14.5 Å². The van der Waals surface area contributed by atoms with Crippen LogP contribution in [0.1, 0.15) is 50.1 Å². The third-order valence-corrected chi connectivity index (χ3v) is 6.70. The van der Waals surface area contributed by atoms with Crippen molar-refractivity contribution in [3.05, 3.63) is 58.5 Å². The maximum absolute atomic E-state index is 12.3. The SMILES string of the molecule is CC(C)(C)OC(=O)N1CCC(c2cnc3[nH]c(-c4csc(COc5ccccc5)n4)nc3c2)CC1. The number of hydrogen-bond donors (Lipinski definition) is 1. The second-order valence-electron chi connectivity index (χ2n) is 9.69. The van der Waals surface area contributed by atoms with Gasteiger partial charge in [-0.05, 0) is 63.3 Å². The van der Waals surface area contributed by atoms with Gasteiger partial charge < -0.3 is 19.4 Å². The van der Waals surface area contributed by atoms with Gasteiger partial charge in [0.25, 0.3) is 0 Å². The van der Waals surface area contributed by atoms with Crippen molar-refractivity contribution in [1.29, 1.82) is 0 Å². The Bertz CT molecular complexity index is 1300. The summed E-state index contributed by atoms with van der Waals surface area (Å²) in [5.41, 5.74) is 3.02. The molecule has 4 heterocycles. The molecule has 1 saturated heterocycles. The van der Waals surface area contributed by atoms with E-state index in [9.17, 15) is 4.79 Å². The molecule has 0 unspecified atom stereocenters. The highest BCUT2D eigenvalue weighted by molar-refractivity contribution is 7.09. The number of carbonyl (C=O) groups is 1. The number of rotatable bonds is 5. The molecule has 5 rings (SSSR count). The van der Waals surface area contributed by atoms with Crippen LogP contribution in [0.5, 0.6) is 5.75 Å². The molecule has 0 bridgehead atoms. The zero-order valence-corrected chi connectivity index (χ0v) is 21.0. The van der Waals surface area contributed by atoms with Crippen LogP contribution in [0.4, 0.5) is 4.79 Å². The van der Waals surface area contributed by atoms with Crippen LogP contribution in [0.3, 0.4) is 0 Å². The molecular formula is C26H29N5O3S. The fourth-order valence-electron chi connectivity index (χ4n) is 4.12. The number of H-pyrrole nitrogens is 1. The molecule has 1 aliphatic heterocycles. The highest BCUT2D eigenvalue weighted by Gasteiger charge is 2.28. The van der Waals surface area contributed by atoms with Gasteiger partial charge in [0.1, 0.15) is 34.2 Å². The zero-order valence-electron chi connectivity index (χ0n) is 20.2. The van der Waals surface area contributed by atoms with Crippen molar-refractivity contribution in [1.82, 2.24) is 24.8 Å². The largest absolute Gasteiger partial charge is 0.486 e. The fourth-order valence-corrected chi connectivity index (χ4v) is 4.82. The van der Waals surface area contributed by atoms with Crippen molar-refractivity contribution in [3.63, 3.8) is 0 Å². The van der Waals surface area contributed by atoms with Gasteiger partial charge in [-0.2, -0.15) is 0 Å². The summed E-state index contributed by atoms with van der Waals surface area (Å²) in [6.07, 6.45) is 3.43. The number of benzene rings is 1. The summed E-state index contributed by atoms with van der Waals surface area (Å²) >= 11 is 1.55. The molecule has 0 saturated carbocycles. The van der Waals surface area contributed by atoms with E-state index >= 15 is 0 Å². The number of aromatic amines is 1. The number of imidazole rings is 1. The molecule has 35 heavy (non-hydrogen) atoms. The lowest BCUT2D eigenvalue weighted by atomic mass is 9.90. The number of piperidine rings is 1. The van der Waals surface area contributed by atoms with Crippen LogP contribution in [0.2, 0.25) is 0 Å². The number of likely N-dealkylation sites (tertiary alicyclic amines) is 1. The first-order chi connectivity index (χ1) is 16.8.